The Morgan fingerprint density at radius 1 is 1.05 bits per heavy atom. The molecule has 0 aliphatic carbocycles. The van der Waals surface area contributed by atoms with Crippen LogP contribution in [0.1, 0.15) is 31.4 Å². The molecular weight excluding hydrogens is 274 g/mol. The number of rotatable bonds is 4. The van der Waals surface area contributed by atoms with Crippen molar-refractivity contribution in [2.75, 3.05) is 0 Å². The molecule has 1 amide bonds. The third-order valence-corrected chi connectivity index (χ3v) is 4.58. The molecule has 3 rings (SSSR count). The molecule has 1 heterocycles. The van der Waals surface area contributed by atoms with Crippen molar-refractivity contribution in [3.63, 3.8) is 0 Å². The number of hydrogen-bond donors (Lipinski definition) is 1. The lowest BCUT2D eigenvalue weighted by Gasteiger charge is -2.36. The van der Waals surface area contributed by atoms with Crippen molar-refractivity contribution in [1.29, 1.82) is 0 Å². The first-order valence-corrected chi connectivity index (χ1v) is 7.79. The Kier molecular flexibility index (Phi) is 3.88. The molecule has 1 fully saturated rings. The van der Waals surface area contributed by atoms with Crippen molar-refractivity contribution in [2.45, 2.75) is 31.9 Å². The summed E-state index contributed by atoms with van der Waals surface area (Å²) >= 11 is 0. The summed E-state index contributed by atoms with van der Waals surface area (Å²) in [5.74, 6) is 0.298. The summed E-state index contributed by atoms with van der Waals surface area (Å²) in [4.78, 5) is 12.1. The quantitative estimate of drug-likeness (QED) is 0.922. The van der Waals surface area contributed by atoms with Gasteiger partial charge in [0.15, 0.2) is 5.60 Å². The van der Waals surface area contributed by atoms with Crippen LogP contribution in [0.5, 0.6) is 0 Å². The molecule has 0 aromatic heterocycles. The van der Waals surface area contributed by atoms with E-state index >= 15 is 0 Å². The monoisotopic (exact) mass is 295 g/mol. The average molecular weight is 295 g/mol. The fourth-order valence-corrected chi connectivity index (χ4v) is 3.26. The number of cyclic esters (lactones) is 1. The van der Waals surface area contributed by atoms with E-state index in [0.29, 0.717) is 5.92 Å². The van der Waals surface area contributed by atoms with Crippen molar-refractivity contribution >= 4 is 6.09 Å². The zero-order valence-electron chi connectivity index (χ0n) is 13.0. The van der Waals surface area contributed by atoms with Gasteiger partial charge in [-0.15, -0.1) is 0 Å². The number of carbonyl (C=O) groups is 1. The van der Waals surface area contributed by atoms with Gasteiger partial charge in [0.05, 0.1) is 6.04 Å². The number of carbonyl (C=O) groups excluding carboxylic acids is 1. The summed E-state index contributed by atoms with van der Waals surface area (Å²) in [7, 11) is 0. The minimum Gasteiger partial charge on any atom is -0.431 e. The molecule has 3 nitrogen and oxygen atoms in total. The van der Waals surface area contributed by atoms with Gasteiger partial charge in [-0.3, -0.25) is 0 Å². The van der Waals surface area contributed by atoms with Crippen LogP contribution in [0.4, 0.5) is 4.79 Å². The summed E-state index contributed by atoms with van der Waals surface area (Å²) in [6, 6.07) is 19.9. The maximum Gasteiger partial charge on any atom is 0.408 e. The van der Waals surface area contributed by atoms with Crippen LogP contribution in [-0.4, -0.2) is 12.1 Å². The van der Waals surface area contributed by atoms with E-state index in [1.54, 1.807) is 0 Å². The summed E-state index contributed by atoms with van der Waals surface area (Å²) < 4.78 is 5.91. The second-order valence-corrected chi connectivity index (χ2v) is 5.86. The molecule has 1 unspecified atom stereocenters. The van der Waals surface area contributed by atoms with E-state index in [1.165, 1.54) is 0 Å². The van der Waals surface area contributed by atoms with Crippen LogP contribution in [0, 0.1) is 5.92 Å². The van der Waals surface area contributed by atoms with Gasteiger partial charge in [0.1, 0.15) is 0 Å². The highest BCUT2D eigenvalue weighted by atomic mass is 16.6. The Bertz CT molecular complexity index is 599. The Labute approximate surface area is 131 Å². The first-order chi connectivity index (χ1) is 10.7. The largest absolute Gasteiger partial charge is 0.431 e. The molecule has 1 N–H and O–H groups in total. The van der Waals surface area contributed by atoms with E-state index in [-0.39, 0.29) is 12.1 Å². The Balaban J connectivity index is 2.21. The maximum absolute atomic E-state index is 12.1. The molecule has 3 heteroatoms. The van der Waals surface area contributed by atoms with Crippen molar-refractivity contribution in [2.24, 2.45) is 5.92 Å². The first kappa shape index (κ1) is 14.6. The molecule has 0 saturated carbocycles. The van der Waals surface area contributed by atoms with Gasteiger partial charge in [0.25, 0.3) is 0 Å². The molecule has 22 heavy (non-hydrogen) atoms. The third-order valence-electron chi connectivity index (χ3n) is 4.58. The number of amides is 1. The van der Waals surface area contributed by atoms with E-state index in [4.69, 9.17) is 4.74 Å². The molecule has 0 spiro atoms. The van der Waals surface area contributed by atoms with Crippen LogP contribution in [0.15, 0.2) is 60.7 Å². The second kappa shape index (κ2) is 5.84. The lowest BCUT2D eigenvalue weighted by atomic mass is 9.75. The van der Waals surface area contributed by atoms with Gasteiger partial charge in [0, 0.05) is 11.1 Å². The van der Waals surface area contributed by atoms with Gasteiger partial charge in [-0.2, -0.15) is 0 Å². The van der Waals surface area contributed by atoms with Crippen LogP contribution in [0.2, 0.25) is 0 Å². The minimum absolute atomic E-state index is 0.0881. The predicted molar refractivity (Wildman–Crippen MR) is 86.5 cm³/mol. The van der Waals surface area contributed by atoms with E-state index in [2.05, 4.69) is 19.2 Å². The second-order valence-electron chi connectivity index (χ2n) is 5.86. The number of nitrogens with one attached hydrogen (secondary N) is 1. The molecular formula is C19H21NO2. The summed E-state index contributed by atoms with van der Waals surface area (Å²) in [5.41, 5.74) is 1.24. The topological polar surface area (TPSA) is 38.3 Å². The standard InChI is InChI=1S/C19H21NO2/c1-3-14(2)17-19(22-18(21)20-17,15-10-6-4-7-11-15)16-12-8-5-9-13-16/h4-14,17H,3H2,1-2H3,(H,20,21)/t14?,17-/m1/s1. The van der Waals surface area contributed by atoms with Crippen molar-refractivity contribution < 1.29 is 9.53 Å². The third kappa shape index (κ3) is 2.27. The predicted octanol–water partition coefficient (Wildman–Crippen LogP) is 4.08. The SMILES string of the molecule is CCC(C)[C@H]1NC(=O)OC1(c1ccccc1)c1ccccc1. The number of hydrogen-bond acceptors (Lipinski definition) is 2. The highest BCUT2D eigenvalue weighted by molar-refractivity contribution is 5.73. The molecule has 114 valence electrons. The smallest absolute Gasteiger partial charge is 0.408 e. The molecule has 2 atom stereocenters. The number of ether oxygens (including phenoxy) is 1. The zero-order valence-corrected chi connectivity index (χ0v) is 13.0. The van der Waals surface area contributed by atoms with Crippen LogP contribution < -0.4 is 5.32 Å². The van der Waals surface area contributed by atoms with E-state index in [9.17, 15) is 4.79 Å². The van der Waals surface area contributed by atoms with Gasteiger partial charge in [-0.1, -0.05) is 80.9 Å². The fourth-order valence-electron chi connectivity index (χ4n) is 3.26. The highest BCUT2D eigenvalue weighted by Gasteiger charge is 2.53. The normalized spacial score (nSPS) is 21.0. The van der Waals surface area contributed by atoms with Crippen molar-refractivity contribution in [3.8, 4) is 0 Å². The van der Waals surface area contributed by atoms with Gasteiger partial charge < -0.3 is 10.1 Å². The summed E-state index contributed by atoms with van der Waals surface area (Å²) in [6.07, 6.45) is 0.619. The van der Waals surface area contributed by atoms with E-state index < -0.39 is 5.60 Å². The van der Waals surface area contributed by atoms with Crippen LogP contribution in [0.25, 0.3) is 0 Å². The molecule has 1 aliphatic rings. The van der Waals surface area contributed by atoms with E-state index in [1.807, 2.05) is 60.7 Å². The number of benzene rings is 2. The Morgan fingerprint density at radius 2 is 1.55 bits per heavy atom. The zero-order chi connectivity index (χ0) is 15.6. The molecule has 2 aromatic rings. The first-order valence-electron chi connectivity index (χ1n) is 7.79. The van der Waals surface area contributed by atoms with Crippen molar-refractivity contribution in [1.82, 2.24) is 5.32 Å². The Morgan fingerprint density at radius 3 is 2.00 bits per heavy atom. The van der Waals surface area contributed by atoms with E-state index in [0.717, 1.165) is 17.5 Å². The van der Waals surface area contributed by atoms with Crippen LogP contribution >= 0.6 is 0 Å². The summed E-state index contributed by atoms with van der Waals surface area (Å²) in [5, 5.41) is 3.03. The number of alkyl carbamates (subject to hydrolysis) is 1. The molecule has 1 saturated heterocycles. The van der Waals surface area contributed by atoms with Gasteiger partial charge in [-0.05, 0) is 5.92 Å². The maximum atomic E-state index is 12.1. The minimum atomic E-state index is -0.769. The lowest BCUT2D eigenvalue weighted by molar-refractivity contribution is 0.0559. The lowest BCUT2D eigenvalue weighted by Crippen LogP contribution is -2.46. The molecule has 1 aliphatic heterocycles. The Hall–Kier alpha value is -2.29. The van der Waals surface area contributed by atoms with Gasteiger partial charge in [-0.25, -0.2) is 4.79 Å². The van der Waals surface area contributed by atoms with Crippen LogP contribution in [-0.2, 0) is 10.3 Å². The summed E-state index contributed by atoms with van der Waals surface area (Å²) in [6.45, 7) is 4.29. The molecule has 0 radical (unpaired) electrons. The average Bonchev–Trinajstić information content (AvgIpc) is 2.94. The molecule has 0 bridgehead atoms. The fraction of sp³-hybridized carbons (Fsp3) is 0.316. The van der Waals surface area contributed by atoms with Gasteiger partial charge in [0.2, 0.25) is 0 Å². The van der Waals surface area contributed by atoms with Gasteiger partial charge >= 0.3 is 6.09 Å². The molecule has 2 aromatic carbocycles. The highest BCUT2D eigenvalue weighted by Crippen LogP contribution is 2.43. The van der Waals surface area contributed by atoms with Crippen LogP contribution in [0.3, 0.4) is 0 Å². The van der Waals surface area contributed by atoms with Crippen molar-refractivity contribution in [3.05, 3.63) is 71.8 Å².